The molecule has 1 aromatic heterocycles. The molecule has 3 N–H and O–H groups in total. The van der Waals surface area contributed by atoms with Crippen LogP contribution in [0.4, 0.5) is 5.69 Å². The molecule has 0 saturated carbocycles. The summed E-state index contributed by atoms with van der Waals surface area (Å²) in [5.74, 6) is 0.412. The van der Waals surface area contributed by atoms with Crippen molar-refractivity contribution in [3.63, 3.8) is 0 Å². The molecule has 26 heavy (non-hydrogen) atoms. The molecule has 2 bridgehead atoms. The van der Waals surface area contributed by atoms with Crippen LogP contribution in [0.3, 0.4) is 0 Å². The molecule has 2 amide bonds. The highest BCUT2D eigenvalue weighted by molar-refractivity contribution is 5.96. The number of hydrogen-bond acceptors (Lipinski definition) is 3. The van der Waals surface area contributed by atoms with Crippen molar-refractivity contribution < 1.29 is 9.59 Å². The molecular weight excluding hydrogens is 328 g/mol. The molecule has 3 aliphatic rings. The molecule has 5 rings (SSSR count). The number of anilines is 1. The van der Waals surface area contributed by atoms with E-state index >= 15 is 0 Å². The van der Waals surface area contributed by atoms with Crippen molar-refractivity contribution in [2.75, 3.05) is 25.0 Å². The molecule has 2 aromatic rings. The first-order valence-electron chi connectivity index (χ1n) is 9.19. The van der Waals surface area contributed by atoms with E-state index in [9.17, 15) is 9.59 Å². The summed E-state index contributed by atoms with van der Waals surface area (Å²) in [7, 11) is 0. The lowest BCUT2D eigenvalue weighted by molar-refractivity contribution is -0.114. The van der Waals surface area contributed by atoms with Gasteiger partial charge in [-0.15, -0.1) is 0 Å². The van der Waals surface area contributed by atoms with Gasteiger partial charge in [0.2, 0.25) is 5.91 Å². The van der Waals surface area contributed by atoms with Crippen molar-refractivity contribution in [2.24, 2.45) is 5.92 Å². The Kier molecular flexibility index (Phi) is 4.51. The van der Waals surface area contributed by atoms with Gasteiger partial charge in [-0.2, -0.15) is 0 Å². The number of benzene rings is 1. The molecule has 6 nitrogen and oxygen atoms in total. The van der Waals surface area contributed by atoms with Gasteiger partial charge < -0.3 is 20.5 Å². The maximum Gasteiger partial charge on any atom is 0.267 e. The molecule has 3 saturated heterocycles. The van der Waals surface area contributed by atoms with Crippen LogP contribution in [0.25, 0.3) is 11.3 Å². The second-order valence-corrected chi connectivity index (χ2v) is 7.23. The number of carbonyl (C=O) groups excluding carboxylic acids is 2. The summed E-state index contributed by atoms with van der Waals surface area (Å²) in [5.41, 5.74) is 2.96. The number of carbonyl (C=O) groups is 2. The van der Waals surface area contributed by atoms with E-state index in [-0.39, 0.29) is 17.9 Å². The van der Waals surface area contributed by atoms with Gasteiger partial charge in [-0.3, -0.25) is 9.59 Å². The minimum absolute atomic E-state index is 0.0630. The first kappa shape index (κ1) is 16.8. The van der Waals surface area contributed by atoms with Crippen LogP contribution < -0.4 is 10.6 Å². The van der Waals surface area contributed by atoms with Crippen LogP contribution in [0, 0.1) is 5.92 Å². The number of H-pyrrole nitrogens is 1. The number of fused-ring (bicyclic) bond motifs is 3. The summed E-state index contributed by atoms with van der Waals surface area (Å²) in [6.45, 7) is 4.75. The summed E-state index contributed by atoms with van der Waals surface area (Å²) >= 11 is 0. The van der Waals surface area contributed by atoms with Crippen LogP contribution >= 0.6 is 0 Å². The molecule has 6 heteroatoms. The van der Waals surface area contributed by atoms with Crippen molar-refractivity contribution >= 4 is 17.5 Å². The third-order valence-electron chi connectivity index (χ3n) is 5.43. The van der Waals surface area contributed by atoms with Crippen LogP contribution in [0.15, 0.2) is 36.4 Å². The summed E-state index contributed by atoms with van der Waals surface area (Å²) < 4.78 is 0. The first-order valence-corrected chi connectivity index (χ1v) is 9.19. The standard InChI is InChI=1S/C20H24N4O2/c1-13(25)21-16-5-3-2-4-15(16)17-6-7-18(22-17)20(26)23-19-12-24-10-8-14(19)9-11-24/h2-7,14,19,22H,8-12H2,1H3,(H,21,25)(H,23,26)/t19-/m0/s1. The second-order valence-electron chi connectivity index (χ2n) is 7.23. The van der Waals surface area contributed by atoms with Gasteiger partial charge >= 0.3 is 0 Å². The van der Waals surface area contributed by atoms with Crippen LogP contribution in [-0.2, 0) is 4.79 Å². The first-order chi connectivity index (χ1) is 12.6. The summed E-state index contributed by atoms with van der Waals surface area (Å²) in [6, 6.07) is 11.5. The summed E-state index contributed by atoms with van der Waals surface area (Å²) in [6.07, 6.45) is 2.34. The van der Waals surface area contributed by atoms with Crippen molar-refractivity contribution in [2.45, 2.75) is 25.8 Å². The number of rotatable bonds is 4. The Morgan fingerprint density at radius 1 is 1.12 bits per heavy atom. The maximum atomic E-state index is 12.7. The van der Waals surface area contributed by atoms with Gasteiger partial charge in [0.1, 0.15) is 5.69 Å². The molecule has 0 spiro atoms. The number of nitrogens with one attached hydrogen (secondary N) is 3. The lowest BCUT2D eigenvalue weighted by Gasteiger charge is -2.44. The van der Waals surface area contributed by atoms with Gasteiger partial charge in [0.05, 0.1) is 5.69 Å². The highest BCUT2D eigenvalue weighted by Gasteiger charge is 2.35. The van der Waals surface area contributed by atoms with Gasteiger partial charge in [-0.05, 0) is 50.0 Å². The Balaban J connectivity index is 1.50. The topological polar surface area (TPSA) is 77.2 Å². The number of aromatic nitrogens is 1. The van der Waals surface area contributed by atoms with Crippen molar-refractivity contribution in [3.8, 4) is 11.3 Å². The van der Waals surface area contributed by atoms with E-state index in [2.05, 4.69) is 20.5 Å². The Labute approximate surface area is 153 Å². The van der Waals surface area contributed by atoms with E-state index in [4.69, 9.17) is 0 Å². The summed E-state index contributed by atoms with van der Waals surface area (Å²) in [4.78, 5) is 29.7. The van der Waals surface area contributed by atoms with Crippen LogP contribution in [-0.4, -0.2) is 47.4 Å². The fraction of sp³-hybridized carbons (Fsp3) is 0.400. The largest absolute Gasteiger partial charge is 0.350 e. The fourth-order valence-corrected chi connectivity index (χ4v) is 4.08. The highest BCUT2D eigenvalue weighted by Crippen LogP contribution is 2.29. The van der Waals surface area contributed by atoms with E-state index in [0.29, 0.717) is 11.6 Å². The summed E-state index contributed by atoms with van der Waals surface area (Å²) in [5, 5.41) is 6.03. The maximum absolute atomic E-state index is 12.7. The second kappa shape index (κ2) is 6.96. The number of piperidine rings is 3. The Bertz CT molecular complexity index is 821. The third-order valence-corrected chi connectivity index (χ3v) is 5.43. The van der Waals surface area contributed by atoms with Gasteiger partial charge in [-0.25, -0.2) is 0 Å². The number of amides is 2. The average Bonchev–Trinajstić information content (AvgIpc) is 3.13. The van der Waals surface area contributed by atoms with Crippen molar-refractivity contribution in [3.05, 3.63) is 42.1 Å². The van der Waals surface area contributed by atoms with Gasteiger partial charge in [0, 0.05) is 30.8 Å². The van der Waals surface area contributed by atoms with Crippen LogP contribution in [0.1, 0.15) is 30.3 Å². The predicted octanol–water partition coefficient (Wildman–Crippen LogP) is 2.46. The van der Waals surface area contributed by atoms with Gasteiger partial charge in [0.25, 0.3) is 5.91 Å². The van der Waals surface area contributed by atoms with E-state index in [1.807, 2.05) is 30.3 Å². The molecule has 0 radical (unpaired) electrons. The normalized spacial score (nSPS) is 24.3. The van der Waals surface area contributed by atoms with E-state index in [0.717, 1.165) is 36.6 Å². The van der Waals surface area contributed by atoms with Crippen LogP contribution in [0.5, 0.6) is 0 Å². The number of aromatic amines is 1. The highest BCUT2D eigenvalue weighted by atomic mass is 16.2. The minimum Gasteiger partial charge on any atom is -0.350 e. The van der Waals surface area contributed by atoms with E-state index in [1.165, 1.54) is 19.8 Å². The quantitative estimate of drug-likeness (QED) is 0.791. The minimum atomic E-state index is -0.121. The number of para-hydroxylation sites is 1. The number of hydrogen-bond donors (Lipinski definition) is 3. The number of nitrogens with zero attached hydrogens (tertiary/aromatic N) is 1. The molecule has 0 aliphatic carbocycles. The zero-order valence-corrected chi connectivity index (χ0v) is 14.9. The van der Waals surface area contributed by atoms with Crippen molar-refractivity contribution in [1.29, 1.82) is 0 Å². The molecular formula is C20H24N4O2. The molecule has 3 fully saturated rings. The predicted molar refractivity (Wildman–Crippen MR) is 101 cm³/mol. The smallest absolute Gasteiger partial charge is 0.267 e. The van der Waals surface area contributed by atoms with E-state index < -0.39 is 0 Å². The molecule has 136 valence electrons. The molecule has 3 aliphatic heterocycles. The Morgan fingerprint density at radius 2 is 1.88 bits per heavy atom. The Morgan fingerprint density at radius 3 is 2.58 bits per heavy atom. The van der Waals surface area contributed by atoms with E-state index in [1.54, 1.807) is 6.07 Å². The molecule has 1 aromatic carbocycles. The molecule has 1 atom stereocenters. The van der Waals surface area contributed by atoms with Gasteiger partial charge in [0.15, 0.2) is 0 Å². The Hall–Kier alpha value is -2.60. The SMILES string of the molecule is CC(=O)Nc1ccccc1-c1ccc(C(=O)N[C@H]2CN3CCC2CC3)[nH]1. The fourth-order valence-electron chi connectivity index (χ4n) is 4.08. The lowest BCUT2D eigenvalue weighted by Crippen LogP contribution is -2.57. The third kappa shape index (κ3) is 3.37. The monoisotopic (exact) mass is 352 g/mol. The molecule has 4 heterocycles. The van der Waals surface area contributed by atoms with Crippen molar-refractivity contribution in [1.82, 2.24) is 15.2 Å². The average molecular weight is 352 g/mol. The zero-order valence-electron chi connectivity index (χ0n) is 14.9. The van der Waals surface area contributed by atoms with Gasteiger partial charge in [-0.1, -0.05) is 18.2 Å². The zero-order chi connectivity index (χ0) is 18.1. The lowest BCUT2D eigenvalue weighted by atomic mass is 9.84. The molecule has 0 unspecified atom stereocenters. The van der Waals surface area contributed by atoms with Crippen LogP contribution in [0.2, 0.25) is 0 Å².